The lowest BCUT2D eigenvalue weighted by atomic mass is 9.68. The number of carbonyl (C=O) groups excluding carboxylic acids is 2. The van der Waals surface area contributed by atoms with Crippen LogP contribution >= 0.6 is 23.2 Å². The third kappa shape index (κ3) is 3.77. The number of nitrogens with one attached hydrogen (secondary N) is 3. The highest BCUT2D eigenvalue weighted by molar-refractivity contribution is 6.31. The van der Waals surface area contributed by atoms with Crippen LogP contribution in [-0.4, -0.2) is 55.5 Å². The van der Waals surface area contributed by atoms with E-state index in [4.69, 9.17) is 23.2 Å². The zero-order valence-corrected chi connectivity index (χ0v) is 19.8. The van der Waals surface area contributed by atoms with Crippen LogP contribution in [0.2, 0.25) is 10.0 Å². The molecule has 2 saturated heterocycles. The van der Waals surface area contributed by atoms with Gasteiger partial charge in [-0.2, -0.15) is 0 Å². The number of hydrogen-bond acceptors (Lipinski definition) is 4. The lowest BCUT2D eigenvalue weighted by Gasteiger charge is -2.32. The molecule has 6 nitrogen and oxygen atoms in total. The fraction of sp³-hybridized carbons (Fsp3) is 0.417. The number of amides is 2. The van der Waals surface area contributed by atoms with E-state index in [9.17, 15) is 14.0 Å². The Bertz CT molecular complexity index is 1160. The van der Waals surface area contributed by atoms with Gasteiger partial charge in [-0.3, -0.25) is 9.59 Å². The summed E-state index contributed by atoms with van der Waals surface area (Å²) in [5.41, 5.74) is -0.608. The van der Waals surface area contributed by atoms with Crippen LogP contribution in [0.3, 0.4) is 0 Å². The summed E-state index contributed by atoms with van der Waals surface area (Å²) >= 11 is 12.0. The van der Waals surface area contributed by atoms with Crippen LogP contribution in [-0.2, 0) is 15.0 Å². The number of rotatable bonds is 5. The largest absolute Gasteiger partial charge is 0.353 e. The molecule has 0 aromatic heterocycles. The molecule has 2 aromatic carbocycles. The summed E-state index contributed by atoms with van der Waals surface area (Å²) in [6.07, 6.45) is 2.29. The van der Waals surface area contributed by atoms with Gasteiger partial charge in [-0.25, -0.2) is 8.78 Å². The van der Waals surface area contributed by atoms with Gasteiger partial charge in [0.1, 0.15) is 11.6 Å². The van der Waals surface area contributed by atoms with Gasteiger partial charge in [-0.15, -0.1) is 0 Å². The highest BCUT2D eigenvalue weighted by Crippen LogP contribution is 2.53. The minimum Gasteiger partial charge on any atom is -0.353 e. The van der Waals surface area contributed by atoms with Gasteiger partial charge in [0.25, 0.3) is 0 Å². The molecule has 2 aromatic rings. The molecule has 1 unspecified atom stereocenters. The molecule has 3 aliphatic rings. The van der Waals surface area contributed by atoms with Crippen molar-refractivity contribution in [2.24, 2.45) is 0 Å². The molecule has 0 aliphatic carbocycles. The van der Waals surface area contributed by atoms with Crippen LogP contribution in [0.25, 0.3) is 0 Å². The molecule has 34 heavy (non-hydrogen) atoms. The van der Waals surface area contributed by atoms with Crippen molar-refractivity contribution in [2.75, 3.05) is 38.0 Å². The van der Waals surface area contributed by atoms with Gasteiger partial charge in [0.15, 0.2) is 0 Å². The Morgan fingerprint density at radius 1 is 1.18 bits per heavy atom. The monoisotopic (exact) mass is 508 g/mol. The van der Waals surface area contributed by atoms with E-state index >= 15 is 4.39 Å². The van der Waals surface area contributed by atoms with E-state index in [0.29, 0.717) is 24.3 Å². The Morgan fingerprint density at radius 2 is 1.94 bits per heavy atom. The first kappa shape index (κ1) is 23.5. The molecule has 3 N–H and O–H groups in total. The number of benzene rings is 2. The van der Waals surface area contributed by atoms with Crippen LogP contribution in [0.4, 0.5) is 14.5 Å². The maximum absolute atomic E-state index is 15.3. The SMILES string of the molecule is O=C(NCCN1CCCC1)[C@@H]1NC[C@]2(C(=O)Nc3cc(Cl)c(F)cc32)C1c1cccc(Cl)c1F. The Kier molecular flexibility index (Phi) is 6.27. The molecule has 1 spiro atoms. The highest BCUT2D eigenvalue weighted by atomic mass is 35.5. The molecule has 2 fully saturated rings. The average molecular weight is 509 g/mol. The molecule has 5 rings (SSSR count). The predicted molar refractivity (Wildman–Crippen MR) is 126 cm³/mol. The molecule has 0 radical (unpaired) electrons. The maximum atomic E-state index is 15.3. The summed E-state index contributed by atoms with van der Waals surface area (Å²) < 4.78 is 29.8. The van der Waals surface area contributed by atoms with Crippen molar-refractivity contribution in [3.8, 4) is 0 Å². The second-order valence-corrected chi connectivity index (χ2v) is 9.87. The lowest BCUT2D eigenvalue weighted by molar-refractivity contribution is -0.123. The summed E-state index contributed by atoms with van der Waals surface area (Å²) in [5.74, 6) is -3.16. The molecule has 180 valence electrons. The van der Waals surface area contributed by atoms with E-state index in [-0.39, 0.29) is 28.1 Å². The van der Waals surface area contributed by atoms with Gasteiger partial charge in [-0.05, 0) is 55.3 Å². The third-order valence-corrected chi connectivity index (χ3v) is 7.77. The van der Waals surface area contributed by atoms with Gasteiger partial charge >= 0.3 is 0 Å². The Hall–Kier alpha value is -2.26. The number of carbonyl (C=O) groups is 2. The van der Waals surface area contributed by atoms with Crippen LogP contribution in [0.5, 0.6) is 0 Å². The summed E-state index contributed by atoms with van der Waals surface area (Å²) in [5, 5.41) is 8.54. The smallest absolute Gasteiger partial charge is 0.237 e. The molecule has 10 heteroatoms. The van der Waals surface area contributed by atoms with E-state index in [0.717, 1.165) is 25.9 Å². The number of fused-ring (bicyclic) bond motifs is 2. The van der Waals surface area contributed by atoms with Crippen molar-refractivity contribution in [2.45, 2.75) is 30.2 Å². The Morgan fingerprint density at radius 3 is 2.71 bits per heavy atom. The van der Waals surface area contributed by atoms with Gasteiger partial charge in [0, 0.05) is 31.2 Å². The van der Waals surface area contributed by atoms with Crippen LogP contribution in [0, 0.1) is 11.6 Å². The van der Waals surface area contributed by atoms with E-state index in [1.807, 2.05) is 0 Å². The van der Waals surface area contributed by atoms with E-state index < -0.39 is 34.9 Å². The number of halogens is 4. The third-order valence-electron chi connectivity index (χ3n) is 7.18. The van der Waals surface area contributed by atoms with Crippen molar-refractivity contribution in [3.63, 3.8) is 0 Å². The maximum Gasteiger partial charge on any atom is 0.237 e. The first-order valence-corrected chi connectivity index (χ1v) is 12.1. The molecule has 3 atom stereocenters. The Balaban J connectivity index is 1.53. The van der Waals surface area contributed by atoms with Gasteiger partial charge in [-0.1, -0.05) is 35.3 Å². The van der Waals surface area contributed by atoms with Crippen LogP contribution in [0.15, 0.2) is 30.3 Å². The predicted octanol–water partition coefficient (Wildman–Crippen LogP) is 3.43. The zero-order valence-electron chi connectivity index (χ0n) is 18.3. The van der Waals surface area contributed by atoms with Crippen molar-refractivity contribution in [3.05, 3.63) is 63.1 Å². The quantitative estimate of drug-likeness (QED) is 0.578. The van der Waals surface area contributed by atoms with E-state index in [1.54, 1.807) is 6.07 Å². The van der Waals surface area contributed by atoms with Gasteiger partial charge in [0.2, 0.25) is 11.8 Å². The summed E-state index contributed by atoms with van der Waals surface area (Å²) in [6.45, 7) is 3.17. The van der Waals surface area contributed by atoms with Crippen molar-refractivity contribution >= 4 is 40.7 Å². The Labute approximate surface area is 206 Å². The first-order chi connectivity index (χ1) is 16.3. The summed E-state index contributed by atoms with van der Waals surface area (Å²) in [4.78, 5) is 29.0. The number of likely N-dealkylation sites (tertiary alicyclic amines) is 1. The second kappa shape index (κ2) is 9.07. The van der Waals surface area contributed by atoms with Crippen molar-refractivity contribution in [1.29, 1.82) is 0 Å². The standard InChI is InChI=1S/C24H24Cl2F2N4O2/c25-15-5-3-4-13(20(15)28)19-21(22(33)29-6-9-32-7-1-2-8-32)30-12-24(19)14-10-17(27)16(26)11-18(14)31-23(24)34/h3-5,10-11,19,21,30H,1-2,6-9,12H2,(H,29,33)(H,31,34)/t19?,21-,24-/m1/s1. The average Bonchev–Trinajstić information content (AvgIpc) is 3.52. The zero-order chi connectivity index (χ0) is 24.0. The lowest BCUT2D eigenvalue weighted by Crippen LogP contribution is -2.47. The number of nitrogens with zero attached hydrogens (tertiary/aromatic N) is 1. The first-order valence-electron chi connectivity index (χ1n) is 11.3. The van der Waals surface area contributed by atoms with E-state index in [2.05, 4.69) is 20.9 Å². The number of hydrogen-bond donors (Lipinski definition) is 3. The molecule has 0 bridgehead atoms. The van der Waals surface area contributed by atoms with Crippen LogP contribution in [0.1, 0.15) is 29.9 Å². The molecule has 2 amide bonds. The molecule has 3 heterocycles. The van der Waals surface area contributed by atoms with Gasteiger partial charge < -0.3 is 20.9 Å². The topological polar surface area (TPSA) is 73.5 Å². The fourth-order valence-electron chi connectivity index (χ4n) is 5.55. The highest BCUT2D eigenvalue weighted by Gasteiger charge is 2.61. The summed E-state index contributed by atoms with van der Waals surface area (Å²) in [7, 11) is 0. The minimum atomic E-state index is -1.41. The summed E-state index contributed by atoms with van der Waals surface area (Å²) in [6, 6.07) is 6.10. The van der Waals surface area contributed by atoms with Crippen molar-refractivity contribution in [1.82, 2.24) is 15.5 Å². The van der Waals surface area contributed by atoms with Gasteiger partial charge in [0.05, 0.1) is 21.5 Å². The fourth-order valence-corrected chi connectivity index (χ4v) is 5.89. The molecular formula is C24H24Cl2F2N4O2. The normalized spacial score (nSPS) is 26.2. The molecule has 0 saturated carbocycles. The van der Waals surface area contributed by atoms with Crippen LogP contribution < -0.4 is 16.0 Å². The van der Waals surface area contributed by atoms with E-state index in [1.165, 1.54) is 24.3 Å². The van der Waals surface area contributed by atoms with Crippen molar-refractivity contribution < 1.29 is 18.4 Å². The second-order valence-electron chi connectivity index (χ2n) is 9.06. The minimum absolute atomic E-state index is 0.0216. The molecule has 3 aliphatic heterocycles. The molecular weight excluding hydrogens is 485 g/mol. The number of anilines is 1.